The number of carboxylic acids is 1. The van der Waals surface area contributed by atoms with Crippen molar-refractivity contribution in [2.45, 2.75) is 239 Å². The van der Waals surface area contributed by atoms with Crippen molar-refractivity contribution < 1.29 is 103 Å². The normalized spacial score (nSPS) is 44.1. The highest BCUT2D eigenvalue weighted by molar-refractivity contribution is 5.88. The van der Waals surface area contributed by atoms with Crippen molar-refractivity contribution in [1.82, 2.24) is 0 Å². The van der Waals surface area contributed by atoms with E-state index < -0.39 is 164 Å². The van der Waals surface area contributed by atoms with Gasteiger partial charge >= 0.3 is 17.9 Å². The smallest absolute Gasteiger partial charge is 0.333 e. The van der Waals surface area contributed by atoms with Crippen molar-refractivity contribution >= 4 is 17.9 Å². The SMILES string of the molecule is C/C=C(/C)C(=O)O[C@H]1[C@H](OC(=O)/C(C)=C\C)[C@]2(CO)C[C@H](O)[C@]3(C)C(=CCC4[C@@]5(C)CC[C@H](OC(OC(C)C(=O)O)C(OC6OC(CO)C(O)C(O)C6O)C(OC6O[C@@H](CO)CC6O)C(C)O)[C@H](C)C5CC[C@]43C)C2CC1(C)C. The Balaban J connectivity index is 1.23. The van der Waals surface area contributed by atoms with Crippen LogP contribution in [-0.4, -0.2) is 193 Å². The molecule has 15 unspecified atom stereocenters. The summed E-state index contributed by atoms with van der Waals surface area (Å²) in [6, 6.07) is 0. The molecular formula is C58H92O21. The molecule has 79 heavy (non-hydrogen) atoms. The van der Waals surface area contributed by atoms with E-state index in [2.05, 4.69) is 33.8 Å². The first-order chi connectivity index (χ1) is 37.0. The first-order valence-electron chi connectivity index (χ1n) is 28.4. The van der Waals surface area contributed by atoms with Crippen LogP contribution < -0.4 is 0 Å². The third kappa shape index (κ3) is 11.3. The molecule has 25 atom stereocenters. The monoisotopic (exact) mass is 1120 g/mol. The summed E-state index contributed by atoms with van der Waals surface area (Å²) in [4.78, 5) is 40.0. The number of fused-ring (bicyclic) bond motifs is 7. The van der Waals surface area contributed by atoms with E-state index in [-0.39, 0.29) is 41.9 Å². The van der Waals surface area contributed by atoms with E-state index in [1.165, 1.54) is 13.8 Å². The predicted octanol–water partition coefficient (Wildman–Crippen LogP) is 2.96. The van der Waals surface area contributed by atoms with Gasteiger partial charge in [0.05, 0.1) is 44.2 Å². The Morgan fingerprint density at radius 3 is 1.96 bits per heavy atom. The molecule has 0 radical (unpaired) electrons. The van der Waals surface area contributed by atoms with Crippen LogP contribution in [0.1, 0.15) is 134 Å². The van der Waals surface area contributed by atoms with Gasteiger partial charge in [-0.05, 0) is 121 Å². The van der Waals surface area contributed by atoms with Gasteiger partial charge in [0.25, 0.3) is 0 Å². The molecule has 7 aliphatic rings. The van der Waals surface area contributed by atoms with Crippen LogP contribution in [-0.2, 0) is 52.3 Å². The first-order valence-corrected chi connectivity index (χ1v) is 28.4. The zero-order valence-electron chi connectivity index (χ0n) is 48.1. The van der Waals surface area contributed by atoms with E-state index in [1.807, 2.05) is 13.8 Å². The van der Waals surface area contributed by atoms with Gasteiger partial charge in [-0.15, -0.1) is 0 Å². The summed E-state index contributed by atoms with van der Waals surface area (Å²) in [5.74, 6) is -3.21. The van der Waals surface area contributed by atoms with Gasteiger partial charge in [0.2, 0.25) is 0 Å². The molecule has 21 heteroatoms. The van der Waals surface area contributed by atoms with Crippen LogP contribution in [0.15, 0.2) is 34.9 Å². The average Bonchev–Trinajstić information content (AvgIpc) is 3.87. The maximum absolute atomic E-state index is 13.8. The molecule has 7 rings (SSSR count). The van der Waals surface area contributed by atoms with E-state index >= 15 is 0 Å². The van der Waals surface area contributed by atoms with Gasteiger partial charge in [0.1, 0.15) is 54.9 Å². The molecular weight excluding hydrogens is 1030 g/mol. The standard InChI is InChI=1S/C58H92O21/c1-13-27(3)49(70)78-46-47(79-50(71)28(4)14-2)58(26-61)23-40(64)57(12)34(35(58)22-54(46,8)9)15-16-39-55(10)19-18-37(29(5)33(55)17-20-56(39,57)11)74-53(72-31(7)48(68)69)45(77-52-43(67)42(66)41(65)38(25-60)75-52)44(30(6)62)76-51-36(63)21-32(24-59)73-51/h13-15,29-33,35-47,51-53,59-67H,16-26H2,1-12H3,(H,68,69)/b27-13-,28-14-/t29-,30?,31?,32-,33?,35?,36?,37+,38?,39?,40+,41?,42?,43?,44?,45?,46+,47+,51?,52?,53?,55+,56-,57+,58+/m1/s1. The lowest BCUT2D eigenvalue weighted by atomic mass is 9.33. The largest absolute Gasteiger partial charge is 0.479 e. The van der Waals surface area contributed by atoms with Crippen LogP contribution in [0.4, 0.5) is 0 Å². The molecule has 0 aromatic carbocycles. The second-order valence-electron chi connectivity index (χ2n) is 25.5. The Morgan fingerprint density at radius 2 is 1.41 bits per heavy atom. The minimum Gasteiger partial charge on any atom is -0.479 e. The molecule has 2 aliphatic heterocycles. The highest BCUT2D eigenvalue weighted by atomic mass is 16.8. The van der Waals surface area contributed by atoms with Gasteiger partial charge in [-0.25, -0.2) is 14.4 Å². The van der Waals surface area contributed by atoms with Crippen molar-refractivity contribution in [2.24, 2.45) is 50.7 Å². The lowest BCUT2D eigenvalue weighted by molar-refractivity contribution is -0.362. The quantitative estimate of drug-likeness (QED) is 0.0385. The molecule has 450 valence electrons. The Kier molecular flexibility index (Phi) is 19.6. The fraction of sp³-hybridized carbons (Fsp3) is 0.845. The van der Waals surface area contributed by atoms with Crippen LogP contribution in [0.3, 0.4) is 0 Å². The van der Waals surface area contributed by atoms with Gasteiger partial charge in [0.15, 0.2) is 25.0 Å². The van der Waals surface area contributed by atoms with E-state index in [4.69, 9.17) is 37.9 Å². The number of hydrogen-bond donors (Lipinski definition) is 10. The van der Waals surface area contributed by atoms with Crippen molar-refractivity contribution in [1.29, 1.82) is 0 Å². The van der Waals surface area contributed by atoms with Crippen LogP contribution in [0, 0.1) is 50.7 Å². The fourth-order valence-corrected chi connectivity index (χ4v) is 15.5. The number of rotatable bonds is 19. The summed E-state index contributed by atoms with van der Waals surface area (Å²) in [7, 11) is 0. The molecule has 0 bridgehead atoms. The Hall–Kier alpha value is -2.97. The highest BCUT2D eigenvalue weighted by Crippen LogP contribution is 2.75. The van der Waals surface area contributed by atoms with Crippen LogP contribution in [0.2, 0.25) is 0 Å². The number of carbonyl (C=O) groups excluding carboxylic acids is 2. The average molecular weight is 1130 g/mol. The van der Waals surface area contributed by atoms with E-state index in [0.29, 0.717) is 49.7 Å². The number of aliphatic carboxylic acids is 1. The van der Waals surface area contributed by atoms with Crippen LogP contribution in [0.25, 0.3) is 0 Å². The summed E-state index contributed by atoms with van der Waals surface area (Å²) in [6.07, 6.45) is -15.4. The summed E-state index contributed by atoms with van der Waals surface area (Å²) < 4.78 is 49.9. The maximum atomic E-state index is 13.8. The maximum Gasteiger partial charge on any atom is 0.333 e. The van der Waals surface area contributed by atoms with Gasteiger partial charge in [-0.1, -0.05) is 65.3 Å². The molecule has 0 aromatic rings. The van der Waals surface area contributed by atoms with Gasteiger partial charge in [-0.2, -0.15) is 0 Å². The van der Waals surface area contributed by atoms with Gasteiger partial charge < -0.3 is 89.0 Å². The molecule has 0 spiro atoms. The number of hydrogen-bond acceptors (Lipinski definition) is 20. The minimum absolute atomic E-state index is 0.00204. The van der Waals surface area contributed by atoms with E-state index in [0.717, 1.165) is 5.57 Å². The molecule has 21 nitrogen and oxygen atoms in total. The third-order valence-corrected chi connectivity index (χ3v) is 20.7. The molecule has 2 saturated heterocycles. The number of esters is 2. The summed E-state index contributed by atoms with van der Waals surface area (Å²) in [5.41, 5.74) is -1.99. The highest BCUT2D eigenvalue weighted by Gasteiger charge is 2.73. The molecule has 5 aliphatic carbocycles. The van der Waals surface area contributed by atoms with Crippen LogP contribution in [0.5, 0.6) is 0 Å². The van der Waals surface area contributed by atoms with Crippen molar-refractivity contribution in [2.75, 3.05) is 19.8 Å². The Bertz CT molecular complexity index is 2270. The number of allylic oxidation sites excluding steroid dienone is 3. The zero-order chi connectivity index (χ0) is 58.6. The first kappa shape index (κ1) is 63.6. The van der Waals surface area contributed by atoms with Gasteiger partial charge in [-0.3, -0.25) is 0 Å². The molecule has 6 fully saturated rings. The number of carboxylic acid groups (broad SMARTS) is 1. The number of aliphatic hydroxyl groups excluding tert-OH is 9. The second kappa shape index (κ2) is 24.3. The summed E-state index contributed by atoms with van der Waals surface area (Å²) in [6.45, 7) is 20.4. The third-order valence-electron chi connectivity index (χ3n) is 20.7. The Labute approximate surface area is 464 Å². The molecule has 0 amide bonds. The lowest BCUT2D eigenvalue weighted by Gasteiger charge is -2.72. The van der Waals surface area contributed by atoms with Crippen molar-refractivity contribution in [3.8, 4) is 0 Å². The van der Waals surface area contributed by atoms with Crippen LogP contribution >= 0.6 is 0 Å². The summed E-state index contributed by atoms with van der Waals surface area (Å²) >= 11 is 0. The fourth-order valence-electron chi connectivity index (χ4n) is 15.5. The van der Waals surface area contributed by atoms with E-state index in [1.54, 1.807) is 39.8 Å². The molecule has 2 heterocycles. The topological polar surface area (TPSA) is 327 Å². The number of aliphatic hydroxyl groups is 9. The Morgan fingerprint density at radius 1 is 0.785 bits per heavy atom. The van der Waals surface area contributed by atoms with Crippen molar-refractivity contribution in [3.63, 3.8) is 0 Å². The second-order valence-corrected chi connectivity index (χ2v) is 25.5. The lowest BCUT2D eigenvalue weighted by Crippen LogP contribution is -2.71. The minimum atomic E-state index is -1.95. The van der Waals surface area contributed by atoms with Crippen molar-refractivity contribution in [3.05, 3.63) is 34.9 Å². The van der Waals surface area contributed by atoms with E-state index in [9.17, 15) is 65.4 Å². The number of carbonyl (C=O) groups is 3. The predicted molar refractivity (Wildman–Crippen MR) is 281 cm³/mol. The molecule has 4 saturated carbocycles. The molecule has 0 aromatic heterocycles. The van der Waals surface area contributed by atoms with Gasteiger partial charge in [0, 0.05) is 33.8 Å². The molecule has 10 N–H and O–H groups in total. The zero-order valence-corrected chi connectivity index (χ0v) is 48.1. The number of ether oxygens (including phenoxy) is 8. The summed E-state index contributed by atoms with van der Waals surface area (Å²) in [5, 5.41) is 110.